The molecule has 4 nitrogen and oxygen atoms in total. The lowest BCUT2D eigenvalue weighted by atomic mass is 10.2. The fourth-order valence-corrected chi connectivity index (χ4v) is 1.36. The van der Waals surface area contributed by atoms with E-state index in [0.29, 0.717) is 0 Å². The van der Waals surface area contributed by atoms with Crippen LogP contribution in [0.15, 0.2) is 49.1 Å². The quantitative estimate of drug-likeness (QED) is 0.757. The number of aromatic nitrogens is 2. The average molecular weight is 228 g/mol. The Morgan fingerprint density at radius 2 is 2.12 bits per heavy atom. The molecule has 0 amide bonds. The topological polar surface area (TPSA) is 44.1 Å². The van der Waals surface area contributed by atoms with Gasteiger partial charge in [-0.2, -0.15) is 0 Å². The molecule has 0 saturated carbocycles. The van der Waals surface area contributed by atoms with Crippen LogP contribution in [0.4, 0.5) is 0 Å². The molecule has 0 radical (unpaired) electrons. The van der Waals surface area contributed by atoms with Crippen molar-refractivity contribution in [2.45, 2.75) is 0 Å². The Morgan fingerprint density at radius 1 is 1.35 bits per heavy atom. The molecule has 4 heteroatoms. The van der Waals surface area contributed by atoms with Crippen molar-refractivity contribution < 1.29 is 9.53 Å². The van der Waals surface area contributed by atoms with Crippen molar-refractivity contribution in [1.82, 2.24) is 9.55 Å². The van der Waals surface area contributed by atoms with Crippen LogP contribution in [0.2, 0.25) is 0 Å². The Morgan fingerprint density at radius 3 is 2.71 bits per heavy atom. The van der Waals surface area contributed by atoms with Crippen molar-refractivity contribution in [1.29, 1.82) is 0 Å². The van der Waals surface area contributed by atoms with Gasteiger partial charge < -0.3 is 4.74 Å². The highest BCUT2D eigenvalue weighted by Gasteiger charge is 1.97. The van der Waals surface area contributed by atoms with Crippen LogP contribution in [0.25, 0.3) is 6.08 Å². The molecule has 0 N–H and O–H groups in total. The van der Waals surface area contributed by atoms with Crippen LogP contribution in [0, 0.1) is 0 Å². The molecule has 86 valence electrons. The standard InChI is InChI=1S/C13H12N2O2/c1-17-12-5-2-11(3-6-12)4-7-13(16)15-9-8-14-10-15/h2-10H,1H3. The highest BCUT2D eigenvalue weighted by molar-refractivity contribution is 5.93. The maximum atomic E-state index is 11.6. The third-order valence-corrected chi connectivity index (χ3v) is 2.29. The molecule has 1 aromatic carbocycles. The molecule has 0 aliphatic heterocycles. The van der Waals surface area contributed by atoms with Gasteiger partial charge in [0.1, 0.15) is 12.1 Å². The van der Waals surface area contributed by atoms with Crippen molar-refractivity contribution in [3.63, 3.8) is 0 Å². The maximum absolute atomic E-state index is 11.6. The summed E-state index contributed by atoms with van der Waals surface area (Å²) in [6.07, 6.45) is 7.91. The molecule has 0 aliphatic rings. The summed E-state index contributed by atoms with van der Waals surface area (Å²) in [6.45, 7) is 0. The van der Waals surface area contributed by atoms with E-state index < -0.39 is 0 Å². The predicted molar refractivity (Wildman–Crippen MR) is 64.9 cm³/mol. The number of ether oxygens (including phenoxy) is 1. The van der Waals surface area contributed by atoms with Crippen molar-refractivity contribution in [3.8, 4) is 5.75 Å². The summed E-state index contributed by atoms with van der Waals surface area (Å²) in [4.78, 5) is 15.4. The van der Waals surface area contributed by atoms with E-state index in [1.165, 1.54) is 17.0 Å². The zero-order chi connectivity index (χ0) is 12.1. The van der Waals surface area contributed by atoms with Crippen molar-refractivity contribution >= 4 is 12.0 Å². The van der Waals surface area contributed by atoms with Gasteiger partial charge in [-0.05, 0) is 23.8 Å². The first kappa shape index (κ1) is 11.1. The Balaban J connectivity index is 2.07. The van der Waals surface area contributed by atoms with Gasteiger partial charge >= 0.3 is 0 Å². The van der Waals surface area contributed by atoms with Gasteiger partial charge in [0, 0.05) is 18.5 Å². The molecule has 2 aromatic rings. The summed E-state index contributed by atoms with van der Waals surface area (Å²) in [5.41, 5.74) is 0.944. The van der Waals surface area contributed by atoms with Gasteiger partial charge in [0.15, 0.2) is 0 Å². The highest BCUT2D eigenvalue weighted by Crippen LogP contribution is 2.12. The monoisotopic (exact) mass is 228 g/mol. The molecule has 17 heavy (non-hydrogen) atoms. The normalized spacial score (nSPS) is 10.6. The van der Waals surface area contributed by atoms with Crippen molar-refractivity contribution in [2.75, 3.05) is 7.11 Å². The van der Waals surface area contributed by atoms with Crippen molar-refractivity contribution in [3.05, 3.63) is 54.6 Å². The van der Waals surface area contributed by atoms with E-state index >= 15 is 0 Å². The molecule has 0 spiro atoms. The third-order valence-electron chi connectivity index (χ3n) is 2.29. The van der Waals surface area contributed by atoms with Crippen LogP contribution in [-0.2, 0) is 0 Å². The van der Waals surface area contributed by atoms with Crippen molar-refractivity contribution in [2.24, 2.45) is 0 Å². The number of benzene rings is 1. The van der Waals surface area contributed by atoms with E-state index in [0.717, 1.165) is 11.3 Å². The SMILES string of the molecule is COc1ccc(C=CC(=O)n2ccnc2)cc1. The van der Waals surface area contributed by atoms with Gasteiger partial charge in [-0.15, -0.1) is 0 Å². The molecule has 0 unspecified atom stereocenters. The zero-order valence-corrected chi connectivity index (χ0v) is 9.41. The summed E-state index contributed by atoms with van der Waals surface area (Å²) in [7, 11) is 1.62. The van der Waals surface area contributed by atoms with Crippen LogP contribution < -0.4 is 4.74 Å². The van der Waals surface area contributed by atoms with Crippen LogP contribution in [0.3, 0.4) is 0 Å². The zero-order valence-electron chi connectivity index (χ0n) is 9.41. The minimum absolute atomic E-state index is 0.127. The number of carbonyl (C=O) groups is 1. The Labute approximate surface area is 99.2 Å². The molecular formula is C13H12N2O2. The number of allylic oxidation sites excluding steroid dienone is 1. The largest absolute Gasteiger partial charge is 0.497 e. The summed E-state index contributed by atoms with van der Waals surface area (Å²) >= 11 is 0. The summed E-state index contributed by atoms with van der Waals surface area (Å²) in [5, 5.41) is 0. The first-order valence-corrected chi connectivity index (χ1v) is 5.14. The minimum atomic E-state index is -0.127. The van der Waals surface area contributed by atoms with E-state index in [2.05, 4.69) is 4.98 Å². The number of rotatable bonds is 3. The Kier molecular flexibility index (Phi) is 3.35. The second-order valence-electron chi connectivity index (χ2n) is 3.41. The third kappa shape index (κ3) is 2.81. The van der Waals surface area contributed by atoms with Gasteiger partial charge in [-0.1, -0.05) is 12.1 Å². The Hall–Kier alpha value is -2.36. The number of nitrogens with zero attached hydrogens (tertiary/aromatic N) is 2. The number of imidazole rings is 1. The van der Waals surface area contributed by atoms with E-state index in [1.807, 2.05) is 24.3 Å². The maximum Gasteiger partial charge on any atom is 0.255 e. The number of carbonyl (C=O) groups excluding carboxylic acids is 1. The summed E-state index contributed by atoms with van der Waals surface area (Å²) < 4.78 is 6.47. The molecular weight excluding hydrogens is 216 g/mol. The molecule has 0 aliphatic carbocycles. The lowest BCUT2D eigenvalue weighted by Gasteiger charge is -1.99. The van der Waals surface area contributed by atoms with Gasteiger partial charge in [-0.25, -0.2) is 4.98 Å². The minimum Gasteiger partial charge on any atom is -0.497 e. The van der Waals surface area contributed by atoms with E-state index in [4.69, 9.17) is 4.74 Å². The molecule has 0 bridgehead atoms. The lowest BCUT2D eigenvalue weighted by molar-refractivity contribution is 0.0969. The van der Waals surface area contributed by atoms with Gasteiger partial charge in [-0.3, -0.25) is 9.36 Å². The van der Waals surface area contributed by atoms with Crippen LogP contribution in [0.1, 0.15) is 10.4 Å². The molecule has 0 fully saturated rings. The summed E-state index contributed by atoms with van der Waals surface area (Å²) in [5.74, 6) is 0.668. The van der Waals surface area contributed by atoms with E-state index in [-0.39, 0.29) is 5.91 Å². The first-order chi connectivity index (χ1) is 8.29. The highest BCUT2D eigenvalue weighted by atomic mass is 16.5. The lowest BCUT2D eigenvalue weighted by Crippen LogP contribution is -2.03. The second kappa shape index (κ2) is 5.12. The number of methoxy groups -OCH3 is 1. The molecule has 1 aromatic heterocycles. The number of hydrogen-bond acceptors (Lipinski definition) is 3. The predicted octanol–water partition coefficient (Wildman–Crippen LogP) is 2.25. The molecule has 2 rings (SSSR count). The van der Waals surface area contributed by atoms with Crippen LogP contribution in [-0.4, -0.2) is 22.6 Å². The molecule has 0 saturated heterocycles. The van der Waals surface area contributed by atoms with Crippen LogP contribution >= 0.6 is 0 Å². The Bertz CT molecular complexity index is 513. The van der Waals surface area contributed by atoms with Crippen LogP contribution in [0.5, 0.6) is 5.75 Å². The molecule has 0 atom stereocenters. The van der Waals surface area contributed by atoms with Gasteiger partial charge in [0.25, 0.3) is 5.91 Å². The fraction of sp³-hybridized carbons (Fsp3) is 0.0769. The van der Waals surface area contributed by atoms with Gasteiger partial charge in [0.2, 0.25) is 0 Å². The summed E-state index contributed by atoms with van der Waals surface area (Å²) in [6, 6.07) is 7.47. The number of hydrogen-bond donors (Lipinski definition) is 0. The molecule has 1 heterocycles. The van der Waals surface area contributed by atoms with Gasteiger partial charge in [0.05, 0.1) is 7.11 Å². The smallest absolute Gasteiger partial charge is 0.255 e. The second-order valence-corrected chi connectivity index (χ2v) is 3.41. The first-order valence-electron chi connectivity index (χ1n) is 5.14. The van der Waals surface area contributed by atoms with E-state index in [9.17, 15) is 4.79 Å². The van der Waals surface area contributed by atoms with E-state index in [1.54, 1.807) is 25.6 Å². The fourth-order valence-electron chi connectivity index (χ4n) is 1.36. The average Bonchev–Trinajstić information content (AvgIpc) is 2.90.